The Morgan fingerprint density at radius 2 is 2.27 bits per heavy atom. The lowest BCUT2D eigenvalue weighted by atomic mass is 10.1. The highest BCUT2D eigenvalue weighted by atomic mass is 35.5. The van der Waals surface area contributed by atoms with E-state index in [-0.39, 0.29) is 5.82 Å². The van der Waals surface area contributed by atoms with Crippen LogP contribution in [0.5, 0.6) is 0 Å². The number of hydrogen-bond donors (Lipinski definition) is 1. The van der Waals surface area contributed by atoms with Gasteiger partial charge in [-0.05, 0) is 19.2 Å². The van der Waals surface area contributed by atoms with E-state index in [0.717, 1.165) is 13.1 Å². The lowest BCUT2D eigenvalue weighted by Gasteiger charge is -2.35. The van der Waals surface area contributed by atoms with Gasteiger partial charge in [0.1, 0.15) is 5.82 Å². The molecule has 0 aromatic heterocycles. The number of nitrogens with zero attached hydrogens (tertiary/aromatic N) is 1. The normalized spacial score (nSPS) is 16.8. The third-order valence-electron chi connectivity index (χ3n) is 2.85. The Labute approximate surface area is 94.0 Å². The van der Waals surface area contributed by atoms with Crippen molar-refractivity contribution in [3.05, 3.63) is 34.6 Å². The summed E-state index contributed by atoms with van der Waals surface area (Å²) in [7, 11) is 1.99. The average Bonchev–Trinajstić information content (AvgIpc) is 2.08. The Morgan fingerprint density at radius 3 is 2.80 bits per heavy atom. The number of hydrogen-bond acceptors (Lipinski definition) is 2. The standard InChI is InChI=1S/C11H14ClFN2/c1-15(8-5-14-6-8)7-9-10(12)3-2-4-11(9)13/h2-4,8,14H,5-7H2,1H3. The summed E-state index contributed by atoms with van der Waals surface area (Å²) in [4.78, 5) is 2.13. The number of benzene rings is 1. The zero-order valence-electron chi connectivity index (χ0n) is 8.63. The van der Waals surface area contributed by atoms with Gasteiger partial charge in [-0.25, -0.2) is 4.39 Å². The van der Waals surface area contributed by atoms with Gasteiger partial charge in [0.25, 0.3) is 0 Å². The molecule has 0 aliphatic carbocycles. The van der Waals surface area contributed by atoms with Crippen LogP contribution in [0.15, 0.2) is 18.2 Å². The molecule has 2 nitrogen and oxygen atoms in total. The molecule has 1 aromatic carbocycles. The van der Waals surface area contributed by atoms with Crippen LogP contribution >= 0.6 is 11.6 Å². The molecule has 0 amide bonds. The number of nitrogens with one attached hydrogen (secondary N) is 1. The highest BCUT2D eigenvalue weighted by molar-refractivity contribution is 6.31. The highest BCUT2D eigenvalue weighted by Crippen LogP contribution is 2.21. The lowest BCUT2D eigenvalue weighted by Crippen LogP contribution is -2.55. The van der Waals surface area contributed by atoms with Crippen LogP contribution in [0.2, 0.25) is 5.02 Å². The maximum atomic E-state index is 13.5. The molecule has 0 spiro atoms. The number of likely N-dealkylation sites (N-methyl/N-ethyl adjacent to an activating group) is 1. The van der Waals surface area contributed by atoms with Crippen molar-refractivity contribution >= 4 is 11.6 Å². The van der Waals surface area contributed by atoms with E-state index >= 15 is 0 Å². The summed E-state index contributed by atoms with van der Waals surface area (Å²) in [5, 5.41) is 3.70. The summed E-state index contributed by atoms with van der Waals surface area (Å²) in [5.74, 6) is -0.221. The molecular weight excluding hydrogens is 215 g/mol. The van der Waals surface area contributed by atoms with E-state index < -0.39 is 0 Å². The van der Waals surface area contributed by atoms with Gasteiger partial charge in [0.05, 0.1) is 0 Å². The van der Waals surface area contributed by atoms with Crippen molar-refractivity contribution in [2.24, 2.45) is 0 Å². The molecule has 1 aromatic rings. The van der Waals surface area contributed by atoms with E-state index in [4.69, 9.17) is 11.6 Å². The van der Waals surface area contributed by atoms with Crippen molar-refractivity contribution in [3.8, 4) is 0 Å². The van der Waals surface area contributed by atoms with E-state index in [2.05, 4.69) is 10.2 Å². The molecule has 1 fully saturated rings. The second kappa shape index (κ2) is 4.47. The van der Waals surface area contributed by atoms with Crippen molar-refractivity contribution in [2.45, 2.75) is 12.6 Å². The SMILES string of the molecule is CN(Cc1c(F)cccc1Cl)C1CNC1. The third kappa shape index (κ3) is 2.30. The molecule has 1 N–H and O–H groups in total. The molecule has 1 aliphatic rings. The monoisotopic (exact) mass is 228 g/mol. The molecule has 15 heavy (non-hydrogen) atoms. The summed E-state index contributed by atoms with van der Waals surface area (Å²) in [6, 6.07) is 5.31. The van der Waals surface area contributed by atoms with Crippen LogP contribution in [-0.4, -0.2) is 31.1 Å². The van der Waals surface area contributed by atoms with Crippen LogP contribution in [0.1, 0.15) is 5.56 Å². The summed E-state index contributed by atoms with van der Waals surface area (Å²) >= 11 is 5.96. The van der Waals surface area contributed by atoms with Crippen molar-refractivity contribution in [2.75, 3.05) is 20.1 Å². The fourth-order valence-electron chi connectivity index (χ4n) is 1.65. The molecule has 0 radical (unpaired) electrons. The van der Waals surface area contributed by atoms with Crippen LogP contribution in [-0.2, 0) is 6.54 Å². The molecule has 0 saturated carbocycles. The van der Waals surface area contributed by atoms with Gasteiger partial charge in [0.2, 0.25) is 0 Å². The van der Waals surface area contributed by atoms with E-state index in [0.29, 0.717) is 23.2 Å². The minimum absolute atomic E-state index is 0.221. The van der Waals surface area contributed by atoms with Crippen molar-refractivity contribution in [1.82, 2.24) is 10.2 Å². The van der Waals surface area contributed by atoms with Crippen LogP contribution in [0.3, 0.4) is 0 Å². The van der Waals surface area contributed by atoms with Crippen molar-refractivity contribution in [1.29, 1.82) is 0 Å². The van der Waals surface area contributed by atoms with E-state index in [1.54, 1.807) is 12.1 Å². The maximum Gasteiger partial charge on any atom is 0.129 e. The molecular formula is C11H14ClFN2. The molecule has 1 aliphatic heterocycles. The topological polar surface area (TPSA) is 15.3 Å². The van der Waals surface area contributed by atoms with Crippen LogP contribution in [0, 0.1) is 5.82 Å². The zero-order valence-corrected chi connectivity index (χ0v) is 9.39. The van der Waals surface area contributed by atoms with E-state index in [1.807, 2.05) is 7.05 Å². The van der Waals surface area contributed by atoms with Crippen LogP contribution < -0.4 is 5.32 Å². The van der Waals surface area contributed by atoms with Gasteiger partial charge < -0.3 is 5.32 Å². The molecule has 2 rings (SSSR count). The summed E-state index contributed by atoms with van der Waals surface area (Å²) < 4.78 is 13.5. The quantitative estimate of drug-likeness (QED) is 0.850. The fourth-order valence-corrected chi connectivity index (χ4v) is 1.87. The first-order valence-corrected chi connectivity index (χ1v) is 5.40. The lowest BCUT2D eigenvalue weighted by molar-refractivity contribution is 0.171. The predicted molar refractivity (Wildman–Crippen MR) is 59.5 cm³/mol. The minimum atomic E-state index is -0.221. The third-order valence-corrected chi connectivity index (χ3v) is 3.21. The van der Waals surface area contributed by atoms with E-state index in [1.165, 1.54) is 6.07 Å². The van der Waals surface area contributed by atoms with Gasteiger partial charge in [0.15, 0.2) is 0 Å². The molecule has 0 atom stereocenters. The molecule has 0 bridgehead atoms. The summed E-state index contributed by atoms with van der Waals surface area (Å²) in [6.07, 6.45) is 0. The van der Waals surface area contributed by atoms with Gasteiger partial charge in [0, 0.05) is 36.3 Å². The predicted octanol–water partition coefficient (Wildman–Crippen LogP) is 1.88. The molecule has 1 saturated heterocycles. The molecule has 1 heterocycles. The first-order chi connectivity index (χ1) is 7.18. The Hall–Kier alpha value is -0.640. The fraction of sp³-hybridized carbons (Fsp3) is 0.455. The average molecular weight is 229 g/mol. The number of halogens is 2. The second-order valence-electron chi connectivity index (χ2n) is 3.93. The van der Waals surface area contributed by atoms with Crippen molar-refractivity contribution < 1.29 is 4.39 Å². The first kappa shape index (κ1) is 10.9. The number of rotatable bonds is 3. The van der Waals surface area contributed by atoms with E-state index in [9.17, 15) is 4.39 Å². The van der Waals surface area contributed by atoms with Crippen LogP contribution in [0.25, 0.3) is 0 Å². The Kier molecular flexibility index (Phi) is 3.24. The summed E-state index contributed by atoms with van der Waals surface area (Å²) in [6.45, 7) is 2.52. The molecule has 0 unspecified atom stereocenters. The van der Waals surface area contributed by atoms with Gasteiger partial charge in [-0.1, -0.05) is 17.7 Å². The minimum Gasteiger partial charge on any atom is -0.314 e. The Balaban J connectivity index is 2.09. The highest BCUT2D eigenvalue weighted by Gasteiger charge is 2.22. The maximum absolute atomic E-state index is 13.5. The second-order valence-corrected chi connectivity index (χ2v) is 4.33. The Bertz CT molecular complexity index is 332. The van der Waals surface area contributed by atoms with Gasteiger partial charge >= 0.3 is 0 Å². The van der Waals surface area contributed by atoms with Gasteiger partial charge in [-0.2, -0.15) is 0 Å². The van der Waals surface area contributed by atoms with Gasteiger partial charge in [-0.15, -0.1) is 0 Å². The largest absolute Gasteiger partial charge is 0.314 e. The van der Waals surface area contributed by atoms with Gasteiger partial charge in [-0.3, -0.25) is 4.90 Å². The smallest absolute Gasteiger partial charge is 0.129 e. The molecule has 82 valence electrons. The summed E-state index contributed by atoms with van der Waals surface area (Å²) in [5.41, 5.74) is 0.591. The first-order valence-electron chi connectivity index (χ1n) is 5.02. The zero-order chi connectivity index (χ0) is 10.8. The molecule has 4 heteroatoms. The van der Waals surface area contributed by atoms with Crippen LogP contribution in [0.4, 0.5) is 4.39 Å². The Morgan fingerprint density at radius 1 is 1.53 bits per heavy atom. The van der Waals surface area contributed by atoms with Crippen molar-refractivity contribution in [3.63, 3.8) is 0 Å².